The van der Waals surface area contributed by atoms with E-state index in [2.05, 4.69) is 0 Å². The van der Waals surface area contributed by atoms with Gasteiger partial charge in [-0.05, 0) is 49.1 Å². The Hall–Kier alpha value is -2.34. The standard InChI is InChI=1S/C21H24O5S/c1-26-17-10-12-18(13-11-17)27(24,25)19-9-5-6-14-21(19,20(22)23)15-16-7-3-2-4-8-16/h2-4,7-8,10-13,19H,5-6,9,14-15H2,1H3,(H,22,23). The molecule has 2 unspecified atom stereocenters. The summed E-state index contributed by atoms with van der Waals surface area (Å²) < 4.78 is 31.9. The highest BCUT2D eigenvalue weighted by atomic mass is 32.2. The fourth-order valence-corrected chi connectivity index (χ4v) is 6.29. The molecule has 0 heterocycles. The first-order valence-electron chi connectivity index (χ1n) is 9.05. The summed E-state index contributed by atoms with van der Waals surface area (Å²) in [6.07, 6.45) is 2.35. The van der Waals surface area contributed by atoms with E-state index in [1.807, 2.05) is 30.3 Å². The molecule has 1 N–H and O–H groups in total. The zero-order chi connectivity index (χ0) is 19.5. The van der Waals surface area contributed by atoms with Gasteiger partial charge in [0.1, 0.15) is 5.75 Å². The summed E-state index contributed by atoms with van der Waals surface area (Å²) in [6.45, 7) is 0. The van der Waals surface area contributed by atoms with Crippen molar-refractivity contribution in [1.82, 2.24) is 0 Å². The van der Waals surface area contributed by atoms with Crippen LogP contribution in [-0.4, -0.2) is 31.9 Å². The molecular weight excluding hydrogens is 364 g/mol. The molecule has 6 heteroatoms. The molecule has 144 valence electrons. The predicted molar refractivity (Wildman–Crippen MR) is 103 cm³/mol. The van der Waals surface area contributed by atoms with Gasteiger partial charge in [0.2, 0.25) is 0 Å². The van der Waals surface area contributed by atoms with E-state index in [9.17, 15) is 18.3 Å². The van der Waals surface area contributed by atoms with Gasteiger partial charge in [-0.25, -0.2) is 8.42 Å². The van der Waals surface area contributed by atoms with Gasteiger partial charge >= 0.3 is 5.97 Å². The van der Waals surface area contributed by atoms with E-state index in [4.69, 9.17) is 4.74 Å². The Morgan fingerprint density at radius 3 is 2.37 bits per heavy atom. The molecule has 2 aromatic carbocycles. The summed E-state index contributed by atoms with van der Waals surface area (Å²) in [4.78, 5) is 12.5. The number of carboxylic acids is 1. The third kappa shape index (κ3) is 3.72. The first-order valence-corrected chi connectivity index (χ1v) is 10.6. The van der Waals surface area contributed by atoms with Crippen molar-refractivity contribution in [2.24, 2.45) is 5.41 Å². The van der Waals surface area contributed by atoms with E-state index in [1.165, 1.54) is 19.2 Å². The molecule has 1 aliphatic carbocycles. The molecule has 2 aromatic rings. The summed E-state index contributed by atoms with van der Waals surface area (Å²) in [5.74, 6) is -0.473. The van der Waals surface area contributed by atoms with Gasteiger partial charge in [0.25, 0.3) is 0 Å². The summed E-state index contributed by atoms with van der Waals surface area (Å²) in [6, 6.07) is 15.5. The average Bonchev–Trinajstić information content (AvgIpc) is 2.69. The van der Waals surface area contributed by atoms with Crippen LogP contribution in [-0.2, 0) is 21.1 Å². The minimum atomic E-state index is -3.80. The van der Waals surface area contributed by atoms with E-state index in [0.717, 1.165) is 5.56 Å². The molecule has 27 heavy (non-hydrogen) atoms. The van der Waals surface area contributed by atoms with E-state index >= 15 is 0 Å². The Labute approximate surface area is 159 Å². The van der Waals surface area contributed by atoms with E-state index < -0.39 is 26.5 Å². The number of benzene rings is 2. The van der Waals surface area contributed by atoms with Crippen molar-refractivity contribution in [3.63, 3.8) is 0 Å². The van der Waals surface area contributed by atoms with E-state index in [1.54, 1.807) is 12.1 Å². The van der Waals surface area contributed by atoms with E-state index in [-0.39, 0.29) is 11.3 Å². The molecule has 0 aliphatic heterocycles. The number of hydrogen-bond donors (Lipinski definition) is 1. The van der Waals surface area contributed by atoms with Gasteiger partial charge in [0.15, 0.2) is 9.84 Å². The number of ether oxygens (including phenoxy) is 1. The summed E-state index contributed by atoms with van der Waals surface area (Å²) in [5.41, 5.74) is -0.477. The lowest BCUT2D eigenvalue weighted by Gasteiger charge is -2.40. The minimum absolute atomic E-state index is 0.147. The van der Waals surface area contributed by atoms with Crippen LogP contribution in [0.15, 0.2) is 59.5 Å². The third-order valence-corrected chi connectivity index (χ3v) is 7.87. The topological polar surface area (TPSA) is 80.7 Å². The predicted octanol–water partition coefficient (Wildman–Crippen LogP) is 3.73. The lowest BCUT2D eigenvalue weighted by molar-refractivity contribution is -0.150. The average molecular weight is 388 g/mol. The van der Waals surface area contributed by atoms with Gasteiger partial charge in [-0.3, -0.25) is 4.79 Å². The molecular formula is C21H24O5S. The molecule has 0 aromatic heterocycles. The molecule has 0 amide bonds. The van der Waals surface area contributed by atoms with Gasteiger partial charge in [-0.15, -0.1) is 0 Å². The van der Waals surface area contributed by atoms with Crippen LogP contribution >= 0.6 is 0 Å². The molecule has 0 spiro atoms. The van der Waals surface area contributed by atoms with Crippen LogP contribution in [0.1, 0.15) is 31.2 Å². The largest absolute Gasteiger partial charge is 0.497 e. The highest BCUT2D eigenvalue weighted by Gasteiger charge is 2.53. The van der Waals surface area contributed by atoms with Gasteiger partial charge in [-0.2, -0.15) is 0 Å². The fourth-order valence-electron chi connectivity index (χ4n) is 4.07. The van der Waals surface area contributed by atoms with Gasteiger partial charge in [-0.1, -0.05) is 43.2 Å². The van der Waals surface area contributed by atoms with Crippen LogP contribution in [0.4, 0.5) is 0 Å². The second kappa shape index (κ2) is 7.72. The van der Waals surface area contributed by atoms with Crippen molar-refractivity contribution in [3.8, 4) is 5.75 Å². The lowest BCUT2D eigenvalue weighted by Crippen LogP contribution is -2.50. The van der Waals surface area contributed by atoms with Gasteiger partial charge < -0.3 is 9.84 Å². The van der Waals surface area contributed by atoms with Crippen molar-refractivity contribution >= 4 is 15.8 Å². The zero-order valence-corrected chi connectivity index (χ0v) is 16.1. The molecule has 3 rings (SSSR count). The molecule has 0 bridgehead atoms. The van der Waals surface area contributed by atoms with E-state index in [0.29, 0.717) is 31.4 Å². The quantitative estimate of drug-likeness (QED) is 0.816. The summed E-state index contributed by atoms with van der Waals surface area (Å²) in [7, 11) is -2.28. The number of rotatable bonds is 6. The summed E-state index contributed by atoms with van der Waals surface area (Å²) in [5, 5.41) is 9.17. The second-order valence-electron chi connectivity index (χ2n) is 7.08. The number of methoxy groups -OCH3 is 1. The molecule has 0 saturated heterocycles. The normalized spacial score (nSPS) is 22.9. The number of carboxylic acid groups (broad SMARTS) is 1. The SMILES string of the molecule is COc1ccc(S(=O)(=O)C2CCCCC2(Cc2ccccc2)C(=O)O)cc1. The highest BCUT2D eigenvalue weighted by Crippen LogP contribution is 2.45. The van der Waals surface area contributed by atoms with Gasteiger partial charge in [0.05, 0.1) is 22.7 Å². The molecule has 1 aliphatic rings. The minimum Gasteiger partial charge on any atom is -0.497 e. The Bertz CT molecular complexity index is 890. The third-order valence-electron chi connectivity index (χ3n) is 5.51. The molecule has 2 atom stereocenters. The lowest BCUT2D eigenvalue weighted by atomic mass is 9.70. The number of carbonyl (C=O) groups is 1. The molecule has 0 radical (unpaired) electrons. The summed E-state index contributed by atoms with van der Waals surface area (Å²) >= 11 is 0. The molecule has 1 saturated carbocycles. The number of hydrogen-bond acceptors (Lipinski definition) is 4. The van der Waals surface area contributed by atoms with Crippen molar-refractivity contribution in [2.45, 2.75) is 42.2 Å². The Morgan fingerprint density at radius 2 is 1.78 bits per heavy atom. The van der Waals surface area contributed by atoms with Crippen molar-refractivity contribution in [1.29, 1.82) is 0 Å². The Kier molecular flexibility index (Phi) is 5.56. The number of sulfone groups is 1. The second-order valence-corrected chi connectivity index (χ2v) is 9.21. The highest BCUT2D eigenvalue weighted by molar-refractivity contribution is 7.92. The van der Waals surface area contributed by atoms with Crippen LogP contribution in [0.2, 0.25) is 0 Å². The van der Waals surface area contributed by atoms with Gasteiger partial charge in [0, 0.05) is 0 Å². The maximum absolute atomic E-state index is 13.4. The first-order chi connectivity index (χ1) is 12.9. The van der Waals surface area contributed by atoms with Crippen molar-refractivity contribution < 1.29 is 23.1 Å². The molecule has 5 nitrogen and oxygen atoms in total. The first kappa shape index (κ1) is 19.4. The van der Waals surface area contributed by atoms with Crippen molar-refractivity contribution in [2.75, 3.05) is 7.11 Å². The van der Waals surface area contributed by atoms with Crippen LogP contribution in [0.5, 0.6) is 5.75 Å². The smallest absolute Gasteiger partial charge is 0.311 e. The van der Waals surface area contributed by atoms with Crippen LogP contribution in [0.3, 0.4) is 0 Å². The maximum Gasteiger partial charge on any atom is 0.311 e. The number of aliphatic carboxylic acids is 1. The zero-order valence-electron chi connectivity index (χ0n) is 15.3. The van der Waals surface area contributed by atoms with Crippen LogP contribution < -0.4 is 4.74 Å². The van der Waals surface area contributed by atoms with Crippen LogP contribution in [0.25, 0.3) is 0 Å². The van der Waals surface area contributed by atoms with Crippen molar-refractivity contribution in [3.05, 3.63) is 60.2 Å². The van der Waals surface area contributed by atoms with Crippen LogP contribution in [0, 0.1) is 5.41 Å². The Balaban J connectivity index is 2.04. The fraction of sp³-hybridized carbons (Fsp3) is 0.381. The maximum atomic E-state index is 13.4. The monoisotopic (exact) mass is 388 g/mol. The Morgan fingerprint density at radius 1 is 1.11 bits per heavy atom. The molecule has 1 fully saturated rings.